The molecule has 0 saturated carbocycles. The van der Waals surface area contributed by atoms with Crippen LogP contribution in [-0.2, 0) is 37.4 Å². The third-order valence-electron chi connectivity index (χ3n) is 11.2. The summed E-state index contributed by atoms with van der Waals surface area (Å²) < 4.78 is 50.1. The Hall–Kier alpha value is -5.92. The number of alkyl carbamates (subject to hydrolysis) is 1. The molecule has 4 amide bonds. The van der Waals surface area contributed by atoms with Crippen molar-refractivity contribution in [1.29, 1.82) is 0 Å². The molecule has 4 aromatic rings. The normalized spacial score (nSPS) is 13.7. The summed E-state index contributed by atoms with van der Waals surface area (Å²) in [5.41, 5.74) is 0.233. The van der Waals surface area contributed by atoms with Crippen LogP contribution in [0.3, 0.4) is 0 Å². The smallest absolute Gasteiger partial charge is 0.407 e. The van der Waals surface area contributed by atoms with E-state index < -0.39 is 40.8 Å². The van der Waals surface area contributed by atoms with Crippen LogP contribution in [0.2, 0.25) is 5.02 Å². The third kappa shape index (κ3) is 14.1. The van der Waals surface area contributed by atoms with Gasteiger partial charge >= 0.3 is 12.1 Å². The second-order valence-electron chi connectivity index (χ2n) is 18.7. The molecule has 1 saturated heterocycles. The number of hydrogen-bond donors (Lipinski definition) is 2. The predicted octanol–water partition coefficient (Wildman–Crippen LogP) is 6.96. The highest BCUT2D eigenvalue weighted by atomic mass is 35.5. The second kappa shape index (κ2) is 22.9. The molecular weight excluding hydrogens is 904 g/mol. The number of aromatic nitrogens is 4. The van der Waals surface area contributed by atoms with Gasteiger partial charge in [0.15, 0.2) is 17.5 Å². The molecule has 1 unspecified atom stereocenters. The Morgan fingerprint density at radius 2 is 1.54 bits per heavy atom. The van der Waals surface area contributed by atoms with Crippen molar-refractivity contribution >= 4 is 47.1 Å². The number of piperazine rings is 1. The number of nitrogens with zero attached hydrogens (tertiary/aromatic N) is 7. The van der Waals surface area contributed by atoms with E-state index in [4.69, 9.17) is 25.8 Å². The largest absolute Gasteiger partial charge is 0.459 e. The molecule has 1 fully saturated rings. The maximum absolute atomic E-state index is 15.6. The first kappa shape index (κ1) is 53.0. The van der Waals surface area contributed by atoms with Crippen molar-refractivity contribution in [2.24, 2.45) is 13.0 Å². The van der Waals surface area contributed by atoms with E-state index >= 15 is 8.78 Å². The van der Waals surface area contributed by atoms with Crippen LogP contribution < -0.4 is 10.6 Å². The molecule has 1 atom stereocenters. The summed E-state index contributed by atoms with van der Waals surface area (Å²) in [5.74, 6) is -4.06. The van der Waals surface area contributed by atoms with Gasteiger partial charge in [0.2, 0.25) is 5.91 Å². The fourth-order valence-electron chi connectivity index (χ4n) is 7.72. The molecule has 0 bridgehead atoms. The van der Waals surface area contributed by atoms with Crippen LogP contribution in [0.5, 0.6) is 0 Å². The summed E-state index contributed by atoms with van der Waals surface area (Å²) in [6.45, 7) is 17.2. The van der Waals surface area contributed by atoms with E-state index in [9.17, 15) is 24.0 Å². The Morgan fingerprint density at radius 3 is 2.18 bits per heavy atom. The van der Waals surface area contributed by atoms with Gasteiger partial charge in [0.1, 0.15) is 11.2 Å². The first-order valence-electron chi connectivity index (χ1n) is 22.6. The number of aryl methyl sites for hydroxylation is 1. The molecule has 2 N–H and O–H groups in total. The van der Waals surface area contributed by atoms with Crippen LogP contribution in [0.15, 0.2) is 42.7 Å². The lowest BCUT2D eigenvalue weighted by atomic mass is 9.99. The minimum Gasteiger partial charge on any atom is -0.459 e. The maximum Gasteiger partial charge on any atom is 0.407 e. The fourth-order valence-corrected chi connectivity index (χ4v) is 7.98. The summed E-state index contributed by atoms with van der Waals surface area (Å²) in [5, 5.41) is 9.89. The minimum atomic E-state index is -1.11. The fraction of sp³-hybridized carbons (Fsp3) is 0.521. The number of esters is 1. The van der Waals surface area contributed by atoms with Gasteiger partial charge in [-0.25, -0.2) is 18.6 Å². The van der Waals surface area contributed by atoms with Crippen LogP contribution in [-0.4, -0.2) is 141 Å². The number of nitrogens with one attached hydrogen (secondary N) is 2. The summed E-state index contributed by atoms with van der Waals surface area (Å²) in [7, 11) is 3.07. The van der Waals surface area contributed by atoms with Gasteiger partial charge in [0, 0.05) is 87.9 Å². The summed E-state index contributed by atoms with van der Waals surface area (Å²) >= 11 is 6.61. The number of carbonyl (C=O) groups excluding carboxylic acids is 5. The van der Waals surface area contributed by atoms with Gasteiger partial charge in [-0.05, 0) is 92.1 Å². The lowest BCUT2D eigenvalue weighted by molar-refractivity contribution is -0.156. The average molecular weight is 969 g/mol. The van der Waals surface area contributed by atoms with E-state index in [1.54, 1.807) is 76.3 Å². The molecule has 0 aliphatic carbocycles. The molecule has 3 heterocycles. The number of ether oxygens (including phenoxy) is 3. The zero-order valence-electron chi connectivity index (χ0n) is 40.6. The van der Waals surface area contributed by atoms with Crippen molar-refractivity contribution in [1.82, 2.24) is 39.3 Å². The molecule has 0 spiro atoms. The molecule has 1 aliphatic rings. The van der Waals surface area contributed by atoms with Gasteiger partial charge in [-0.15, -0.1) is 0 Å². The van der Waals surface area contributed by atoms with Gasteiger partial charge in [-0.3, -0.25) is 28.8 Å². The molecule has 5 rings (SSSR count). The number of rotatable bonds is 18. The van der Waals surface area contributed by atoms with Crippen molar-refractivity contribution in [3.63, 3.8) is 0 Å². The van der Waals surface area contributed by atoms with Crippen molar-refractivity contribution < 1.29 is 47.0 Å². The van der Waals surface area contributed by atoms with E-state index in [-0.39, 0.29) is 82.8 Å². The van der Waals surface area contributed by atoms with Crippen LogP contribution in [0, 0.1) is 24.5 Å². The van der Waals surface area contributed by atoms with Crippen molar-refractivity contribution in [2.45, 2.75) is 86.0 Å². The number of imidazole rings is 1. The Morgan fingerprint density at radius 1 is 0.897 bits per heavy atom. The Balaban J connectivity index is 1.16. The van der Waals surface area contributed by atoms with E-state index in [1.807, 2.05) is 11.8 Å². The molecule has 1 aliphatic heterocycles. The number of carbonyl (C=O) groups is 5. The lowest BCUT2D eigenvalue weighted by Crippen LogP contribution is -2.52. The quantitative estimate of drug-likeness (QED) is 0.0984. The van der Waals surface area contributed by atoms with Crippen molar-refractivity contribution in [3.8, 4) is 22.4 Å². The molecule has 0 radical (unpaired) electrons. The van der Waals surface area contributed by atoms with Crippen LogP contribution in [0.25, 0.3) is 22.4 Å². The number of benzene rings is 2. The Bertz CT molecular complexity index is 2450. The van der Waals surface area contributed by atoms with Gasteiger partial charge in [0.05, 0.1) is 47.9 Å². The van der Waals surface area contributed by atoms with E-state index in [0.29, 0.717) is 63.4 Å². The van der Waals surface area contributed by atoms with Gasteiger partial charge in [0.25, 0.3) is 11.8 Å². The summed E-state index contributed by atoms with van der Waals surface area (Å²) in [6.07, 6.45) is 3.37. The van der Waals surface area contributed by atoms with E-state index in [0.717, 1.165) is 0 Å². The second-order valence-corrected chi connectivity index (χ2v) is 19.1. The monoisotopic (exact) mass is 967 g/mol. The number of hydrogen-bond acceptors (Lipinski definition) is 11. The number of amides is 4. The Kier molecular flexibility index (Phi) is 17.9. The molecule has 2 aromatic carbocycles. The number of anilines is 1. The Labute approximate surface area is 401 Å². The van der Waals surface area contributed by atoms with Crippen LogP contribution in [0.1, 0.15) is 88.0 Å². The molecule has 370 valence electrons. The van der Waals surface area contributed by atoms with Crippen LogP contribution >= 0.6 is 11.6 Å². The van der Waals surface area contributed by atoms with E-state index in [2.05, 4.69) is 20.7 Å². The van der Waals surface area contributed by atoms with E-state index in [1.165, 1.54) is 48.1 Å². The van der Waals surface area contributed by atoms with Crippen molar-refractivity contribution in [2.75, 3.05) is 71.4 Å². The lowest BCUT2D eigenvalue weighted by Gasteiger charge is -2.37. The minimum absolute atomic E-state index is 0.0209. The highest BCUT2D eigenvalue weighted by Crippen LogP contribution is 2.33. The molecule has 17 nitrogen and oxygen atoms in total. The van der Waals surface area contributed by atoms with Crippen LogP contribution in [0.4, 0.5) is 19.3 Å². The zero-order chi connectivity index (χ0) is 50.1. The molecule has 20 heteroatoms. The van der Waals surface area contributed by atoms with Gasteiger partial charge in [-0.1, -0.05) is 24.6 Å². The zero-order valence-corrected chi connectivity index (χ0v) is 41.4. The average Bonchev–Trinajstić information content (AvgIpc) is 3.83. The number of methoxy groups -OCH3 is 1. The SMILES string of the molecule is CCC(CCN(CCNC(=O)OC(C)(C)C)CC(=O)OC(C)(C)C)C(=O)N1CCN(C(=O)c2ccc(NC(=O)c3ncc(-c4ccc(-c5cn(CCOC)nc5C)c(F)c4F)n3C)cc2Cl)CC1. The topological polar surface area (TPSA) is 182 Å². The van der Waals surface area contributed by atoms with Crippen molar-refractivity contribution in [3.05, 3.63) is 76.5 Å². The predicted molar refractivity (Wildman–Crippen MR) is 253 cm³/mol. The first-order valence-corrected chi connectivity index (χ1v) is 23.0. The summed E-state index contributed by atoms with van der Waals surface area (Å²) in [4.78, 5) is 75.3. The number of halogens is 3. The summed E-state index contributed by atoms with van der Waals surface area (Å²) in [6, 6.07) is 7.36. The highest BCUT2D eigenvalue weighted by Gasteiger charge is 2.31. The highest BCUT2D eigenvalue weighted by molar-refractivity contribution is 6.34. The molecule has 68 heavy (non-hydrogen) atoms. The van der Waals surface area contributed by atoms with Gasteiger partial charge < -0.3 is 39.2 Å². The standard InChI is InChI=1S/C48H64ClF2N9O8/c1-11-31(16-18-57(29-39(61)67-47(3,4)5)19-17-52-46(65)68-48(6,7)8)44(63)58-20-22-59(23-21-58)45(64)34-13-12-32(26-37(34)49)54-43(62)42-53-27-38(56(42)9)35-15-14-33(40(50)41(35)51)36-28-60(24-25-66-10)55-30(36)2/h12-15,26-28,31H,11,16-25,29H2,1-10H3,(H,52,65)(H,54,62). The third-order valence-corrected chi connectivity index (χ3v) is 11.5. The maximum atomic E-state index is 15.6. The molecular formula is C48H64ClF2N9O8. The molecule has 2 aromatic heterocycles. The van der Waals surface area contributed by atoms with Gasteiger partial charge in [-0.2, -0.15) is 5.10 Å². The first-order chi connectivity index (χ1) is 32.0.